The molecule has 0 bridgehead atoms. The Hall–Kier alpha value is -7.45. The molecule has 432 valence electrons. The molecule has 0 saturated carbocycles. The fourth-order valence-corrected chi connectivity index (χ4v) is 12.5. The molecule has 3 amide bonds. The van der Waals surface area contributed by atoms with E-state index in [0.29, 0.717) is 87.4 Å². The van der Waals surface area contributed by atoms with Crippen LogP contribution in [-0.4, -0.2) is 127 Å². The predicted molar refractivity (Wildman–Crippen MR) is 286 cm³/mol. The molecule has 2 aliphatic heterocycles. The number of hydrogen-bond donors (Lipinski definition) is 3. The molecule has 1 unspecified atom stereocenters. The van der Waals surface area contributed by atoms with Crippen molar-refractivity contribution in [3.05, 3.63) is 101 Å². The lowest BCUT2D eigenvalue weighted by atomic mass is 9.67. The number of hydroxylamine groups is 2. The van der Waals surface area contributed by atoms with Crippen LogP contribution in [0.15, 0.2) is 105 Å². The summed E-state index contributed by atoms with van der Waals surface area (Å²) in [4.78, 5) is 68.6. The number of allylic oxidation sites excluding steroid dienone is 6. The van der Waals surface area contributed by atoms with Gasteiger partial charge in [-0.3, -0.25) is 28.3 Å². The summed E-state index contributed by atoms with van der Waals surface area (Å²) in [6.07, 6.45) is 10.1. The summed E-state index contributed by atoms with van der Waals surface area (Å²) in [5, 5.41) is 5.66. The van der Waals surface area contributed by atoms with Crippen molar-refractivity contribution in [2.75, 3.05) is 13.1 Å². The smallest absolute Gasteiger partial charge is 0.425 e. The fourth-order valence-electron chi connectivity index (χ4n) is 10.3. The maximum atomic E-state index is 14.8. The number of nitrogens with one attached hydrogen (secondary N) is 1. The molecule has 1 fully saturated rings. The van der Waals surface area contributed by atoms with Gasteiger partial charge >= 0.3 is 37.3 Å². The highest BCUT2D eigenvalue weighted by molar-refractivity contribution is 7.87. The Labute approximate surface area is 466 Å². The van der Waals surface area contributed by atoms with Crippen molar-refractivity contribution in [1.82, 2.24) is 14.9 Å². The largest absolute Gasteiger partial charge is 0.744 e. The third kappa shape index (κ3) is 14.0. The summed E-state index contributed by atoms with van der Waals surface area (Å²) < 4.78 is 163. The van der Waals surface area contributed by atoms with E-state index in [0.717, 1.165) is 0 Å². The number of ketones is 1. The zero-order valence-electron chi connectivity index (χ0n) is 43.3. The van der Waals surface area contributed by atoms with E-state index in [1.54, 1.807) is 67.0 Å². The zero-order chi connectivity index (χ0) is 59.9. The van der Waals surface area contributed by atoms with Crippen LogP contribution in [0.5, 0.6) is 0 Å². The van der Waals surface area contributed by atoms with Gasteiger partial charge in [0, 0.05) is 77.3 Å². The van der Waals surface area contributed by atoms with Crippen LogP contribution in [0.1, 0.15) is 90.5 Å². The minimum Gasteiger partial charge on any atom is -0.744 e. The second kappa shape index (κ2) is 25.6. The quantitative estimate of drug-likeness (QED) is 0.0347. The first kappa shape index (κ1) is 62.7. The van der Waals surface area contributed by atoms with Gasteiger partial charge in [-0.2, -0.15) is 21.4 Å². The van der Waals surface area contributed by atoms with Gasteiger partial charge in [0.05, 0.1) is 15.8 Å². The van der Waals surface area contributed by atoms with E-state index >= 15 is 0 Å². The van der Waals surface area contributed by atoms with Crippen molar-refractivity contribution >= 4 is 131 Å². The van der Waals surface area contributed by atoms with Gasteiger partial charge in [-0.1, -0.05) is 61.4 Å². The topological polar surface area (TPSA) is 386 Å². The Balaban J connectivity index is 0.00000124. The average molecular weight is 1220 g/mol. The molecule has 30 heteroatoms. The molecule has 1 saturated heterocycles. The number of carbonyl (C=O) groups is 5. The molecule has 1 aromatic heterocycles. The molecule has 3 aliphatic rings. The molecule has 1 atom stereocenters. The first-order chi connectivity index (χ1) is 38.0. The highest BCUT2D eigenvalue weighted by Crippen LogP contribution is 2.45. The predicted octanol–water partition coefficient (Wildman–Crippen LogP) is 3.87. The van der Waals surface area contributed by atoms with Crippen LogP contribution in [0.3, 0.4) is 0 Å². The summed E-state index contributed by atoms with van der Waals surface area (Å²) in [5.41, 5.74) is 0.808. The highest BCUT2D eigenvalue weighted by Gasteiger charge is 2.47. The number of rotatable bonds is 19. The van der Waals surface area contributed by atoms with E-state index in [9.17, 15) is 62.9 Å². The zero-order valence-corrected chi connectivity index (χ0v) is 47.4. The Morgan fingerprint density at radius 2 is 1.32 bits per heavy atom. The monoisotopic (exact) mass is 1220 g/mol. The molecular weight excluding hydrogens is 1160 g/mol. The lowest BCUT2D eigenvalue weighted by molar-refractivity contribution is -0.433. The number of amides is 3. The van der Waals surface area contributed by atoms with E-state index in [2.05, 4.69) is 5.32 Å². The molecule has 3 N–H and O–H groups in total. The number of hydrogen-bond acceptors (Lipinski definition) is 19. The SMILES string of the molecule is CCNC(=O)C1(C(=O)CCCCCCC(=O)ON2C(=O)CCC2=O)CC(=CC=c2c3cccc4c(S(=O)(=O)[O-])ccc(c43)n2CC)C=C(C=CC2=[N+](CC)c3c(S(=O)(=O)O)cc(S(=O)(=O)O)c4cccc2c34)C1.O=S(=O)=O.O=S(=O)=O. The fraction of sp³-hybridized carbons (Fsp3) is 0.333. The average Bonchev–Trinajstić information content (AvgIpc) is 4.01. The van der Waals surface area contributed by atoms with Crippen molar-refractivity contribution in [3.8, 4) is 0 Å². The number of aromatic nitrogens is 1. The Kier molecular flexibility index (Phi) is 19.8. The van der Waals surface area contributed by atoms with Crippen LogP contribution < -0.4 is 10.7 Å². The van der Waals surface area contributed by atoms with Crippen LogP contribution in [0, 0.1) is 5.41 Å². The maximum Gasteiger partial charge on any atom is 0.425 e. The van der Waals surface area contributed by atoms with Crippen molar-refractivity contribution in [2.45, 2.75) is 106 Å². The van der Waals surface area contributed by atoms with Crippen molar-refractivity contribution in [1.29, 1.82) is 0 Å². The number of benzene rings is 4. The first-order valence-electron chi connectivity index (χ1n) is 24.7. The van der Waals surface area contributed by atoms with Gasteiger partial charge in [-0.05, 0) is 87.9 Å². The number of carbonyl (C=O) groups excluding carboxylic acids is 5. The van der Waals surface area contributed by atoms with Crippen molar-refractivity contribution in [3.63, 3.8) is 0 Å². The lowest BCUT2D eigenvalue weighted by Gasteiger charge is -2.35. The molecule has 1 aliphatic carbocycles. The molecule has 4 aromatic carbocycles. The second-order valence-corrected chi connectivity index (χ2v) is 23.4. The molecule has 25 nitrogen and oxygen atoms in total. The Bertz CT molecular complexity index is 4190. The Morgan fingerprint density at radius 3 is 1.89 bits per heavy atom. The second-order valence-electron chi connectivity index (χ2n) is 18.5. The van der Waals surface area contributed by atoms with Gasteiger partial charge in [0.1, 0.15) is 32.8 Å². The molecular formula is C51H52N4O21S5. The summed E-state index contributed by atoms with van der Waals surface area (Å²) in [6.45, 7) is 6.11. The van der Waals surface area contributed by atoms with Gasteiger partial charge in [-0.25, -0.2) is 13.2 Å². The molecule has 5 aromatic rings. The van der Waals surface area contributed by atoms with Crippen LogP contribution in [0.2, 0.25) is 0 Å². The van der Waals surface area contributed by atoms with Gasteiger partial charge < -0.3 is 19.3 Å². The van der Waals surface area contributed by atoms with Crippen molar-refractivity contribution < 1.29 is 97.6 Å². The van der Waals surface area contributed by atoms with E-state index in [1.807, 2.05) is 23.6 Å². The number of aryl methyl sites for hydroxylation is 1. The maximum absolute atomic E-state index is 14.8. The third-order valence-corrected chi connectivity index (χ3v) is 16.2. The highest BCUT2D eigenvalue weighted by atomic mass is 32.2. The van der Waals surface area contributed by atoms with Gasteiger partial charge in [-0.15, -0.1) is 30.3 Å². The molecule has 8 rings (SSSR count). The van der Waals surface area contributed by atoms with Crippen LogP contribution in [0.4, 0.5) is 5.69 Å². The third-order valence-electron chi connectivity index (χ3n) is 13.5. The van der Waals surface area contributed by atoms with Gasteiger partial charge in [0.25, 0.3) is 21.9 Å². The number of imide groups is 1. The minimum atomic E-state index is -5.07. The van der Waals surface area contributed by atoms with E-state index in [4.69, 9.17) is 30.1 Å². The van der Waals surface area contributed by atoms with E-state index < -0.39 is 90.5 Å². The first-order valence-corrected chi connectivity index (χ1v) is 31.0. The number of Topliss-reactive ketones (excluding diaryl/α,β-unsaturated/α-hetero) is 1. The number of unbranched alkanes of at least 4 members (excludes halogenated alkanes) is 3. The van der Waals surface area contributed by atoms with Crippen LogP contribution in [-0.2, 0) is 86.9 Å². The summed E-state index contributed by atoms with van der Waals surface area (Å²) in [6, 6.07) is 13.2. The lowest BCUT2D eigenvalue weighted by Crippen LogP contribution is -2.48. The van der Waals surface area contributed by atoms with Gasteiger partial charge in [0.15, 0.2) is 4.90 Å². The summed E-state index contributed by atoms with van der Waals surface area (Å²) in [5.74, 6) is -2.80. The van der Waals surface area contributed by atoms with E-state index in [1.165, 1.54) is 18.2 Å². The van der Waals surface area contributed by atoms with Crippen molar-refractivity contribution in [2.24, 2.45) is 5.41 Å². The molecule has 0 spiro atoms. The Morgan fingerprint density at radius 1 is 0.741 bits per heavy atom. The molecule has 3 heterocycles. The number of nitrogens with zero attached hydrogens (tertiary/aromatic N) is 3. The van der Waals surface area contributed by atoms with Gasteiger partial charge in [0.2, 0.25) is 17.3 Å². The van der Waals surface area contributed by atoms with E-state index in [-0.39, 0.29) is 84.1 Å². The standard InChI is InChI=1S/C51H52N4O15S3.2O3S/c1-4-52-50(60)51(43(56)17-9-7-8-10-18-46(59)70-55-44(57)25-26-45(55)58)29-31(19-21-37-33-13-11-15-35-40(71(61,62)63)24-23-39(47(33)35)53(37)5-2)27-32(30-51)20-22-38-34-14-12-16-36-41(72(64,65)66)28-42(73(67,68)69)49(48(34)36)54(38)6-3;2*1-4(2)3/h11-16,19-24,27-28H,4-10,17-18,25-26,29-30H2,1-3H3,(H3-,52,60,61,62,63,64,65,66,67,68,69);;. The summed E-state index contributed by atoms with van der Waals surface area (Å²) >= 11 is 0. The summed E-state index contributed by atoms with van der Waals surface area (Å²) in [7, 11) is -21.1. The van der Waals surface area contributed by atoms with Crippen LogP contribution in [0.25, 0.3) is 38.5 Å². The normalized spacial score (nSPS) is 17.2. The molecule has 81 heavy (non-hydrogen) atoms. The molecule has 0 radical (unpaired) electrons. The minimum absolute atomic E-state index is 0.00647. The van der Waals surface area contributed by atoms with Crippen LogP contribution >= 0.6 is 0 Å².